The molecular weight excluding hydrogens is 150 g/mol. The fourth-order valence-electron chi connectivity index (χ4n) is 1.60. The van der Waals surface area contributed by atoms with Crippen molar-refractivity contribution in [3.8, 4) is 12.3 Å². The van der Waals surface area contributed by atoms with Crippen LogP contribution < -0.4 is 0 Å². The highest BCUT2D eigenvalue weighted by Crippen LogP contribution is 2.21. The number of likely N-dealkylation sites (tertiary alicyclic amines) is 1. The first kappa shape index (κ1) is 9.28. The maximum absolute atomic E-state index is 11.3. The third kappa shape index (κ3) is 1.51. The maximum Gasteiger partial charge on any atom is 0.224 e. The lowest BCUT2D eigenvalue weighted by Crippen LogP contribution is -2.47. The lowest BCUT2D eigenvalue weighted by Gasteiger charge is -2.31. The van der Waals surface area contributed by atoms with E-state index >= 15 is 0 Å². The molecule has 0 unspecified atom stereocenters. The number of hydrogen-bond acceptors (Lipinski definition) is 2. The van der Waals surface area contributed by atoms with Crippen molar-refractivity contribution in [3.05, 3.63) is 0 Å². The summed E-state index contributed by atoms with van der Waals surface area (Å²) in [6.45, 7) is 5.81. The van der Waals surface area contributed by atoms with Gasteiger partial charge in [0.2, 0.25) is 5.78 Å². The van der Waals surface area contributed by atoms with E-state index in [4.69, 9.17) is 6.42 Å². The van der Waals surface area contributed by atoms with E-state index in [2.05, 4.69) is 10.8 Å². The number of terminal acetylenes is 1. The highest BCUT2D eigenvalue weighted by Gasteiger charge is 2.34. The first-order chi connectivity index (χ1) is 5.59. The lowest BCUT2D eigenvalue weighted by atomic mass is 9.98. The lowest BCUT2D eigenvalue weighted by molar-refractivity contribution is -0.123. The van der Waals surface area contributed by atoms with Gasteiger partial charge in [-0.1, -0.05) is 0 Å². The Bertz CT molecular complexity index is 218. The quantitative estimate of drug-likeness (QED) is 0.450. The second kappa shape index (κ2) is 3.28. The molecule has 0 aliphatic carbocycles. The molecule has 0 aromatic rings. The van der Waals surface area contributed by atoms with Crippen molar-refractivity contribution >= 4 is 5.78 Å². The minimum Gasteiger partial charge on any atom is -0.291 e. The predicted octanol–water partition coefficient (Wildman–Crippen LogP) is 1.06. The molecule has 2 heteroatoms. The van der Waals surface area contributed by atoms with Crippen molar-refractivity contribution in [2.45, 2.75) is 32.2 Å². The smallest absolute Gasteiger partial charge is 0.224 e. The van der Waals surface area contributed by atoms with Crippen molar-refractivity contribution in [3.63, 3.8) is 0 Å². The van der Waals surface area contributed by atoms with Gasteiger partial charge in [0.05, 0.1) is 5.54 Å². The molecular formula is C10H15NO. The van der Waals surface area contributed by atoms with Gasteiger partial charge < -0.3 is 0 Å². The summed E-state index contributed by atoms with van der Waals surface area (Å²) in [7, 11) is 0. The summed E-state index contributed by atoms with van der Waals surface area (Å²) in [6, 6.07) is 0. The van der Waals surface area contributed by atoms with Gasteiger partial charge in [-0.05, 0) is 45.7 Å². The number of carbonyl (C=O) groups excluding carboxylic acids is 1. The van der Waals surface area contributed by atoms with Crippen LogP contribution in [0, 0.1) is 12.3 Å². The van der Waals surface area contributed by atoms with E-state index in [1.807, 2.05) is 13.8 Å². The molecule has 2 nitrogen and oxygen atoms in total. The summed E-state index contributed by atoms with van der Waals surface area (Å²) >= 11 is 0. The summed E-state index contributed by atoms with van der Waals surface area (Å²) in [4.78, 5) is 13.5. The molecule has 1 aliphatic heterocycles. The zero-order valence-electron chi connectivity index (χ0n) is 7.76. The third-order valence-electron chi connectivity index (χ3n) is 2.58. The largest absolute Gasteiger partial charge is 0.291 e. The second-order valence-electron chi connectivity index (χ2n) is 3.73. The highest BCUT2D eigenvalue weighted by atomic mass is 16.1. The van der Waals surface area contributed by atoms with Crippen LogP contribution in [0.15, 0.2) is 0 Å². The molecule has 1 heterocycles. The van der Waals surface area contributed by atoms with Gasteiger partial charge in [-0.25, -0.2) is 0 Å². The number of Topliss-reactive ketones (excluding diaryl/α,β-unsaturated/α-hetero) is 1. The molecule has 0 atom stereocenters. The molecule has 1 saturated heterocycles. The number of ketones is 1. The SMILES string of the molecule is C#CC(=O)C(C)(C)N1CCCC1. The van der Waals surface area contributed by atoms with E-state index in [-0.39, 0.29) is 5.78 Å². The Kier molecular flexibility index (Phi) is 2.54. The van der Waals surface area contributed by atoms with Crippen LogP contribution >= 0.6 is 0 Å². The van der Waals surface area contributed by atoms with Gasteiger partial charge in [-0.2, -0.15) is 0 Å². The molecule has 66 valence electrons. The van der Waals surface area contributed by atoms with E-state index in [0.29, 0.717) is 0 Å². The van der Waals surface area contributed by atoms with Crippen molar-refractivity contribution in [2.24, 2.45) is 0 Å². The Hall–Kier alpha value is -0.810. The van der Waals surface area contributed by atoms with Gasteiger partial charge >= 0.3 is 0 Å². The molecule has 0 aromatic heterocycles. The zero-order valence-corrected chi connectivity index (χ0v) is 7.76. The summed E-state index contributed by atoms with van der Waals surface area (Å²) in [6.07, 6.45) is 7.46. The van der Waals surface area contributed by atoms with Crippen LogP contribution in [0.25, 0.3) is 0 Å². The monoisotopic (exact) mass is 165 g/mol. The zero-order chi connectivity index (χ0) is 9.19. The topological polar surface area (TPSA) is 20.3 Å². The first-order valence-corrected chi connectivity index (χ1v) is 4.35. The summed E-state index contributed by atoms with van der Waals surface area (Å²) in [5.41, 5.74) is -0.453. The average molecular weight is 165 g/mol. The average Bonchev–Trinajstić information content (AvgIpc) is 2.55. The van der Waals surface area contributed by atoms with E-state index in [0.717, 1.165) is 13.1 Å². The van der Waals surface area contributed by atoms with E-state index in [9.17, 15) is 4.79 Å². The minimum absolute atomic E-state index is 0.107. The van der Waals surface area contributed by atoms with Crippen molar-refractivity contribution < 1.29 is 4.79 Å². The summed E-state index contributed by atoms with van der Waals surface area (Å²) < 4.78 is 0. The van der Waals surface area contributed by atoms with Crippen LogP contribution in [0.4, 0.5) is 0 Å². The van der Waals surface area contributed by atoms with Gasteiger partial charge in [0.25, 0.3) is 0 Å². The molecule has 0 radical (unpaired) electrons. The Morgan fingerprint density at radius 2 is 1.92 bits per heavy atom. The van der Waals surface area contributed by atoms with E-state index < -0.39 is 5.54 Å². The van der Waals surface area contributed by atoms with Crippen molar-refractivity contribution in [1.82, 2.24) is 4.90 Å². The molecule has 0 bridgehead atoms. The van der Waals surface area contributed by atoms with Gasteiger partial charge in [-0.3, -0.25) is 9.69 Å². The molecule has 0 aromatic carbocycles. The van der Waals surface area contributed by atoms with Crippen LogP contribution in [-0.4, -0.2) is 29.3 Å². The van der Waals surface area contributed by atoms with Gasteiger partial charge in [0, 0.05) is 0 Å². The van der Waals surface area contributed by atoms with Crippen molar-refractivity contribution in [2.75, 3.05) is 13.1 Å². The summed E-state index contributed by atoms with van der Waals surface area (Å²) in [5, 5.41) is 0. The number of hydrogen-bond donors (Lipinski definition) is 0. The molecule has 0 spiro atoms. The Balaban J connectivity index is 2.70. The van der Waals surface area contributed by atoms with Gasteiger partial charge in [0.1, 0.15) is 0 Å². The number of carbonyl (C=O) groups is 1. The van der Waals surface area contributed by atoms with Crippen LogP contribution in [0.2, 0.25) is 0 Å². The van der Waals surface area contributed by atoms with Gasteiger partial charge in [0.15, 0.2) is 0 Å². The Morgan fingerprint density at radius 1 is 1.42 bits per heavy atom. The van der Waals surface area contributed by atoms with Crippen LogP contribution in [0.5, 0.6) is 0 Å². The predicted molar refractivity (Wildman–Crippen MR) is 48.7 cm³/mol. The van der Waals surface area contributed by atoms with E-state index in [1.165, 1.54) is 12.8 Å². The van der Waals surface area contributed by atoms with Crippen LogP contribution in [-0.2, 0) is 4.79 Å². The fourth-order valence-corrected chi connectivity index (χ4v) is 1.60. The maximum atomic E-state index is 11.3. The Labute approximate surface area is 73.9 Å². The summed E-state index contributed by atoms with van der Waals surface area (Å²) in [5.74, 6) is 2.09. The molecule has 1 aliphatic rings. The molecule has 0 saturated carbocycles. The van der Waals surface area contributed by atoms with Crippen LogP contribution in [0.1, 0.15) is 26.7 Å². The molecule has 0 N–H and O–H groups in total. The standard InChI is InChI=1S/C10H15NO/c1-4-9(12)10(2,3)11-7-5-6-8-11/h1H,5-8H2,2-3H3. The first-order valence-electron chi connectivity index (χ1n) is 4.35. The van der Waals surface area contributed by atoms with Gasteiger partial charge in [-0.15, -0.1) is 6.42 Å². The molecule has 1 rings (SSSR count). The Morgan fingerprint density at radius 3 is 2.33 bits per heavy atom. The fraction of sp³-hybridized carbons (Fsp3) is 0.700. The normalized spacial score (nSPS) is 19.1. The number of nitrogens with zero attached hydrogens (tertiary/aromatic N) is 1. The molecule has 0 amide bonds. The van der Waals surface area contributed by atoms with Crippen molar-refractivity contribution in [1.29, 1.82) is 0 Å². The number of rotatable bonds is 2. The molecule has 12 heavy (non-hydrogen) atoms. The highest BCUT2D eigenvalue weighted by molar-refractivity contribution is 6.01. The van der Waals surface area contributed by atoms with Crippen LogP contribution in [0.3, 0.4) is 0 Å². The molecule has 1 fully saturated rings. The second-order valence-corrected chi connectivity index (χ2v) is 3.73. The minimum atomic E-state index is -0.453. The van der Waals surface area contributed by atoms with E-state index in [1.54, 1.807) is 0 Å². The third-order valence-corrected chi connectivity index (χ3v) is 2.58.